The highest BCUT2D eigenvalue weighted by molar-refractivity contribution is 5.97. The maximum atomic E-state index is 15.2. The third-order valence-corrected chi connectivity index (χ3v) is 6.37. The molecule has 224 valence electrons. The van der Waals surface area contributed by atoms with Crippen molar-refractivity contribution in [3.63, 3.8) is 0 Å². The minimum Gasteiger partial charge on any atom is -0.466 e. The Labute approximate surface area is 239 Å². The van der Waals surface area contributed by atoms with Crippen molar-refractivity contribution in [1.82, 2.24) is 15.2 Å². The maximum Gasteiger partial charge on any atom is 0.308 e. The number of carbonyl (C=O) groups excluding carboxylic acids is 3. The van der Waals surface area contributed by atoms with Crippen LogP contribution >= 0.6 is 0 Å². The molecule has 3 rings (SSSR count). The van der Waals surface area contributed by atoms with Gasteiger partial charge in [0.15, 0.2) is 11.6 Å². The second-order valence-electron chi connectivity index (χ2n) is 10.0. The number of hydrogen-bond donors (Lipinski definition) is 2. The third kappa shape index (κ3) is 7.62. The summed E-state index contributed by atoms with van der Waals surface area (Å²) in [6, 6.07) is 4.48. The lowest BCUT2D eigenvalue weighted by Crippen LogP contribution is -2.49. The van der Waals surface area contributed by atoms with E-state index in [1.54, 1.807) is 13.8 Å². The van der Waals surface area contributed by atoms with E-state index in [1.165, 1.54) is 36.9 Å². The molecule has 42 heavy (non-hydrogen) atoms. The van der Waals surface area contributed by atoms with Gasteiger partial charge in [-0.25, -0.2) is 17.6 Å². The van der Waals surface area contributed by atoms with Crippen molar-refractivity contribution in [1.29, 1.82) is 0 Å². The van der Waals surface area contributed by atoms with E-state index in [0.29, 0.717) is 6.07 Å². The van der Waals surface area contributed by atoms with Gasteiger partial charge < -0.3 is 19.9 Å². The van der Waals surface area contributed by atoms with Gasteiger partial charge in [0, 0.05) is 18.8 Å². The monoisotopic (exact) mass is 589 g/mol. The van der Waals surface area contributed by atoms with E-state index in [9.17, 15) is 32.3 Å². The average Bonchev–Trinajstić information content (AvgIpc) is 2.91. The number of aryl methyl sites for hydroxylation is 1. The Morgan fingerprint density at radius 3 is 2.24 bits per heavy atom. The van der Waals surface area contributed by atoms with E-state index >= 15 is 4.39 Å². The number of benzene rings is 2. The molecule has 0 radical (unpaired) electrons. The number of nitrogens with zero attached hydrogens (tertiary/aromatic N) is 1. The number of halogens is 4. The number of nitrogens with one attached hydrogen (secondary N) is 2. The topological polar surface area (TPSA) is 106 Å². The van der Waals surface area contributed by atoms with Crippen LogP contribution < -0.4 is 16.2 Å². The van der Waals surface area contributed by atoms with Crippen LogP contribution in [-0.4, -0.2) is 35.0 Å². The van der Waals surface area contributed by atoms with Crippen molar-refractivity contribution >= 4 is 17.8 Å². The van der Waals surface area contributed by atoms with Gasteiger partial charge in [-0.05, 0) is 61.2 Å². The largest absolute Gasteiger partial charge is 0.466 e. The van der Waals surface area contributed by atoms with Gasteiger partial charge in [0.2, 0.25) is 5.91 Å². The molecule has 8 nitrogen and oxygen atoms in total. The van der Waals surface area contributed by atoms with Crippen LogP contribution in [0.4, 0.5) is 17.6 Å². The first-order valence-electron chi connectivity index (χ1n) is 13.2. The van der Waals surface area contributed by atoms with Gasteiger partial charge >= 0.3 is 5.97 Å². The summed E-state index contributed by atoms with van der Waals surface area (Å²) in [5, 5.41) is 4.95. The number of amides is 2. The Hall–Kier alpha value is -4.48. The molecule has 0 bridgehead atoms. The first kappa shape index (κ1) is 32.0. The number of carbonyl (C=O) groups is 3. The normalized spacial score (nSPS) is 12.5. The van der Waals surface area contributed by atoms with Crippen LogP contribution in [0, 0.1) is 29.2 Å². The van der Waals surface area contributed by atoms with Crippen molar-refractivity contribution in [3.05, 3.63) is 93.4 Å². The van der Waals surface area contributed by atoms with Crippen LogP contribution in [0.5, 0.6) is 0 Å². The lowest BCUT2D eigenvalue weighted by atomic mass is 9.95. The van der Waals surface area contributed by atoms with E-state index in [1.807, 2.05) is 0 Å². The summed E-state index contributed by atoms with van der Waals surface area (Å²) < 4.78 is 65.1. The van der Waals surface area contributed by atoms with Gasteiger partial charge in [0.05, 0.1) is 24.6 Å². The molecule has 0 saturated carbocycles. The average molecular weight is 590 g/mol. The molecule has 0 spiro atoms. The summed E-state index contributed by atoms with van der Waals surface area (Å²) >= 11 is 0. The molecular weight excluding hydrogens is 558 g/mol. The van der Waals surface area contributed by atoms with Gasteiger partial charge in [0.1, 0.15) is 23.2 Å². The highest BCUT2D eigenvalue weighted by Gasteiger charge is 2.30. The molecule has 2 amide bonds. The zero-order chi connectivity index (χ0) is 31.1. The van der Waals surface area contributed by atoms with Crippen LogP contribution in [0.1, 0.15) is 55.6 Å². The highest BCUT2D eigenvalue weighted by atomic mass is 19.2. The Morgan fingerprint density at radius 2 is 1.62 bits per heavy atom. The molecule has 2 atom stereocenters. The molecule has 0 aliphatic carbocycles. The van der Waals surface area contributed by atoms with Crippen molar-refractivity contribution in [2.24, 2.45) is 13.0 Å². The molecule has 0 aliphatic heterocycles. The molecular formula is C30H31F4N3O5. The first-order chi connectivity index (χ1) is 19.8. The summed E-state index contributed by atoms with van der Waals surface area (Å²) in [5.41, 5.74) is -2.39. The predicted octanol–water partition coefficient (Wildman–Crippen LogP) is 4.56. The fourth-order valence-electron chi connectivity index (χ4n) is 4.39. The van der Waals surface area contributed by atoms with E-state index in [4.69, 9.17) is 4.74 Å². The molecule has 0 fully saturated rings. The van der Waals surface area contributed by atoms with Crippen LogP contribution in [0.2, 0.25) is 0 Å². The minimum absolute atomic E-state index is 0.0467. The molecule has 0 unspecified atom stereocenters. The third-order valence-electron chi connectivity index (χ3n) is 6.37. The van der Waals surface area contributed by atoms with Crippen molar-refractivity contribution < 1.29 is 36.7 Å². The number of aromatic nitrogens is 1. The fraction of sp³-hybridized carbons (Fsp3) is 0.333. The Kier molecular flexibility index (Phi) is 10.6. The van der Waals surface area contributed by atoms with E-state index in [0.717, 1.165) is 24.3 Å². The van der Waals surface area contributed by atoms with E-state index in [-0.39, 0.29) is 30.1 Å². The van der Waals surface area contributed by atoms with E-state index < -0.39 is 76.2 Å². The second kappa shape index (κ2) is 13.9. The van der Waals surface area contributed by atoms with Crippen LogP contribution in [-0.2, 0) is 21.4 Å². The molecule has 1 aromatic heterocycles. The first-order valence-corrected chi connectivity index (χ1v) is 13.2. The predicted molar refractivity (Wildman–Crippen MR) is 146 cm³/mol. The number of rotatable bonds is 11. The van der Waals surface area contributed by atoms with Gasteiger partial charge in [-0.2, -0.15) is 0 Å². The smallest absolute Gasteiger partial charge is 0.308 e. The summed E-state index contributed by atoms with van der Waals surface area (Å²) in [4.78, 5) is 51.3. The molecule has 0 saturated heterocycles. The zero-order valence-corrected chi connectivity index (χ0v) is 23.5. The number of ether oxygens (including phenoxy) is 1. The molecule has 2 N–H and O–H groups in total. The molecule has 2 aromatic carbocycles. The maximum absolute atomic E-state index is 15.2. The Bertz CT molecular complexity index is 1520. The summed E-state index contributed by atoms with van der Waals surface area (Å²) in [6.45, 7) is 5.02. The number of hydrogen-bond acceptors (Lipinski definition) is 5. The van der Waals surface area contributed by atoms with Crippen molar-refractivity contribution in [2.75, 3.05) is 6.61 Å². The Morgan fingerprint density at radius 1 is 0.952 bits per heavy atom. The fourth-order valence-corrected chi connectivity index (χ4v) is 4.39. The van der Waals surface area contributed by atoms with Crippen LogP contribution in [0.25, 0.3) is 11.1 Å². The SMILES string of the molecule is CCOC(=O)C[C@H](NC(=O)[C@H](CC(C)C)NC(=O)c1cccn(C)c1=O)c1cc(-c2c(F)cccc2F)cc(F)c1F. The van der Waals surface area contributed by atoms with E-state index in [2.05, 4.69) is 10.6 Å². The summed E-state index contributed by atoms with van der Waals surface area (Å²) in [5.74, 6) is -7.74. The van der Waals surface area contributed by atoms with Gasteiger partial charge in [0.25, 0.3) is 11.5 Å². The van der Waals surface area contributed by atoms with Crippen molar-refractivity contribution in [2.45, 2.75) is 45.7 Å². The second-order valence-corrected chi connectivity index (χ2v) is 10.0. The summed E-state index contributed by atoms with van der Waals surface area (Å²) in [6.07, 6.45) is 0.862. The van der Waals surface area contributed by atoms with Gasteiger partial charge in [-0.15, -0.1) is 0 Å². The molecule has 12 heteroatoms. The number of pyridine rings is 1. The Balaban J connectivity index is 2.03. The van der Waals surface area contributed by atoms with Crippen molar-refractivity contribution in [3.8, 4) is 11.1 Å². The lowest BCUT2D eigenvalue weighted by molar-refractivity contribution is -0.143. The molecule has 0 aliphatic rings. The highest BCUT2D eigenvalue weighted by Crippen LogP contribution is 2.32. The number of esters is 1. The quantitative estimate of drug-likeness (QED) is 0.252. The lowest BCUT2D eigenvalue weighted by Gasteiger charge is -2.25. The standard InChI is InChI=1S/C30H31F4N3O5/c1-5-42-25(38)15-23(19-13-17(14-22(33)27(19)34)26-20(31)9-6-10-21(26)32)35-29(40)24(12-16(2)3)36-28(39)18-8-7-11-37(4)30(18)41/h6-11,13-14,16,23-24H,5,12,15H2,1-4H3,(H,35,40)(H,36,39)/t23-,24-/m0/s1. The molecule has 1 heterocycles. The van der Waals surface area contributed by atoms with Gasteiger partial charge in [-0.3, -0.25) is 19.2 Å². The van der Waals surface area contributed by atoms with Crippen LogP contribution in [0.3, 0.4) is 0 Å². The minimum atomic E-state index is -1.56. The zero-order valence-electron chi connectivity index (χ0n) is 23.5. The van der Waals surface area contributed by atoms with Gasteiger partial charge in [-0.1, -0.05) is 19.9 Å². The summed E-state index contributed by atoms with van der Waals surface area (Å²) in [7, 11) is 1.45. The molecule has 3 aromatic rings. The van der Waals surface area contributed by atoms with Crippen LogP contribution in [0.15, 0.2) is 53.5 Å².